The lowest BCUT2D eigenvalue weighted by molar-refractivity contribution is -0.122. The molecule has 2 aromatic rings. The van der Waals surface area contributed by atoms with Crippen molar-refractivity contribution in [1.82, 2.24) is 25.0 Å². The number of likely N-dealkylation sites (tertiary alicyclic amines) is 1. The number of ether oxygens (including phenoxy) is 2. The van der Waals surface area contributed by atoms with E-state index in [9.17, 15) is 4.79 Å². The number of carbonyl (C=O) groups excluding carboxylic acids is 1. The van der Waals surface area contributed by atoms with E-state index in [1.807, 2.05) is 12.3 Å². The summed E-state index contributed by atoms with van der Waals surface area (Å²) in [7, 11) is 1.55. The minimum absolute atomic E-state index is 0.0287. The summed E-state index contributed by atoms with van der Waals surface area (Å²) >= 11 is 0. The number of amides is 1. The van der Waals surface area contributed by atoms with Crippen molar-refractivity contribution < 1.29 is 24.2 Å². The van der Waals surface area contributed by atoms with E-state index in [-0.39, 0.29) is 24.1 Å². The maximum Gasteiger partial charge on any atom is 0.290 e. The Kier molecular flexibility index (Phi) is 6.94. The first-order valence-electron chi connectivity index (χ1n) is 11.2. The van der Waals surface area contributed by atoms with Gasteiger partial charge in [-0.1, -0.05) is 0 Å². The smallest absolute Gasteiger partial charge is 0.290 e. The standard InChI is InChI=1S/C22H29N5O3.CH2O2/c1-15-4-8-25-27(15)10-9-26-13-18-17(19-3-6-22(18,14-26)30-19)12-24-21(28)16-5-7-23-20(11-16)29-2;2-1-3/h4-5,7-8,11,17-19H,3,6,9-10,12-14H2,1-2H3,(H,24,28);1H,(H,2,3)/t17-,18+,19+,22+;/m0./s1. The topological polar surface area (TPSA) is 119 Å². The van der Waals surface area contributed by atoms with E-state index in [1.54, 1.807) is 25.4 Å². The molecule has 5 rings (SSSR count). The van der Waals surface area contributed by atoms with Crippen molar-refractivity contribution in [3.63, 3.8) is 0 Å². The minimum atomic E-state index is -0.250. The summed E-state index contributed by atoms with van der Waals surface area (Å²) in [5, 5.41) is 14.4. The summed E-state index contributed by atoms with van der Waals surface area (Å²) in [6.07, 6.45) is 5.93. The second-order valence-corrected chi connectivity index (χ2v) is 8.86. The van der Waals surface area contributed by atoms with Crippen LogP contribution in [0.2, 0.25) is 0 Å². The fraction of sp³-hybridized carbons (Fsp3) is 0.565. The van der Waals surface area contributed by atoms with E-state index >= 15 is 0 Å². The second-order valence-electron chi connectivity index (χ2n) is 8.86. The molecule has 1 spiro atoms. The Labute approximate surface area is 192 Å². The highest BCUT2D eigenvalue weighted by molar-refractivity contribution is 5.94. The molecule has 5 heterocycles. The maximum atomic E-state index is 12.6. The number of methoxy groups -OCH3 is 1. The first-order valence-corrected chi connectivity index (χ1v) is 11.2. The van der Waals surface area contributed by atoms with Crippen LogP contribution in [0.15, 0.2) is 30.6 Å². The maximum absolute atomic E-state index is 12.6. The summed E-state index contributed by atoms with van der Waals surface area (Å²) < 4.78 is 13.7. The van der Waals surface area contributed by atoms with Crippen LogP contribution in [-0.4, -0.2) is 82.1 Å². The van der Waals surface area contributed by atoms with Gasteiger partial charge in [-0.2, -0.15) is 5.10 Å². The van der Waals surface area contributed by atoms with Gasteiger partial charge in [0, 0.05) is 67.7 Å². The molecule has 0 aliphatic carbocycles. The zero-order valence-electron chi connectivity index (χ0n) is 19.0. The highest BCUT2D eigenvalue weighted by Crippen LogP contribution is 2.54. The number of pyridine rings is 1. The Hall–Kier alpha value is -2.98. The van der Waals surface area contributed by atoms with Crippen LogP contribution in [0.25, 0.3) is 0 Å². The highest BCUT2D eigenvalue weighted by atomic mass is 16.5. The Morgan fingerprint density at radius 2 is 2.21 bits per heavy atom. The summed E-state index contributed by atoms with van der Waals surface area (Å²) in [5.74, 6) is 1.20. The third-order valence-corrected chi connectivity index (χ3v) is 7.12. The Morgan fingerprint density at radius 3 is 2.94 bits per heavy atom. The van der Waals surface area contributed by atoms with E-state index in [2.05, 4.69) is 31.9 Å². The number of hydrogen-bond donors (Lipinski definition) is 2. The third-order valence-electron chi connectivity index (χ3n) is 7.12. The summed E-state index contributed by atoms with van der Waals surface area (Å²) in [4.78, 5) is 27.6. The van der Waals surface area contributed by atoms with Gasteiger partial charge in [-0.3, -0.25) is 19.2 Å². The molecule has 3 fully saturated rings. The van der Waals surface area contributed by atoms with Gasteiger partial charge in [0.15, 0.2) is 0 Å². The molecular formula is C23H31N5O5. The quantitative estimate of drug-likeness (QED) is 0.596. The van der Waals surface area contributed by atoms with Crippen molar-refractivity contribution in [3.8, 4) is 5.88 Å². The van der Waals surface area contributed by atoms with Gasteiger partial charge in [-0.25, -0.2) is 4.98 Å². The van der Waals surface area contributed by atoms with E-state index in [1.165, 1.54) is 5.69 Å². The molecule has 3 saturated heterocycles. The SMILES string of the molecule is COc1cc(C(=O)NC[C@H]2[C@H]3CN(CCn4nccc4C)C[C@]34CC[C@H]2O4)ccn1.O=CO. The van der Waals surface area contributed by atoms with Crippen LogP contribution in [0.5, 0.6) is 5.88 Å². The molecule has 2 bridgehead atoms. The summed E-state index contributed by atoms with van der Waals surface area (Å²) in [6, 6.07) is 5.42. The van der Waals surface area contributed by atoms with Crippen molar-refractivity contribution in [2.45, 2.75) is 38.0 Å². The predicted molar refractivity (Wildman–Crippen MR) is 119 cm³/mol. The first-order chi connectivity index (χ1) is 16.0. The number of aryl methyl sites for hydroxylation is 1. The molecule has 33 heavy (non-hydrogen) atoms. The number of nitrogens with zero attached hydrogens (tertiary/aromatic N) is 4. The average molecular weight is 458 g/mol. The zero-order chi connectivity index (χ0) is 23.4. The number of aromatic nitrogens is 3. The van der Waals surface area contributed by atoms with Crippen molar-refractivity contribution in [3.05, 3.63) is 41.9 Å². The molecule has 10 nitrogen and oxygen atoms in total. The van der Waals surface area contributed by atoms with Crippen molar-refractivity contribution in [1.29, 1.82) is 0 Å². The van der Waals surface area contributed by atoms with Gasteiger partial charge in [-0.15, -0.1) is 0 Å². The lowest BCUT2D eigenvalue weighted by atomic mass is 9.73. The number of rotatable bonds is 7. The number of fused-ring (bicyclic) bond motifs is 1. The minimum Gasteiger partial charge on any atom is -0.483 e. The van der Waals surface area contributed by atoms with Crippen LogP contribution in [0.1, 0.15) is 28.9 Å². The average Bonchev–Trinajstić information content (AvgIpc) is 3.57. The van der Waals surface area contributed by atoms with Crippen LogP contribution < -0.4 is 10.1 Å². The van der Waals surface area contributed by atoms with E-state index < -0.39 is 0 Å². The lowest BCUT2D eigenvalue weighted by Crippen LogP contribution is -2.41. The van der Waals surface area contributed by atoms with Gasteiger partial charge < -0.3 is 19.9 Å². The molecule has 3 aliphatic rings. The van der Waals surface area contributed by atoms with Crippen LogP contribution in [0, 0.1) is 18.8 Å². The molecule has 0 aromatic carbocycles. The van der Waals surface area contributed by atoms with Crippen LogP contribution >= 0.6 is 0 Å². The fourth-order valence-corrected chi connectivity index (χ4v) is 5.57. The zero-order valence-corrected chi connectivity index (χ0v) is 19.0. The van der Waals surface area contributed by atoms with Crippen molar-refractivity contribution >= 4 is 12.4 Å². The molecule has 0 radical (unpaired) electrons. The Balaban J connectivity index is 0.000000821. The molecule has 1 amide bonds. The first kappa shape index (κ1) is 23.2. The Bertz CT molecular complexity index is 982. The van der Waals surface area contributed by atoms with Crippen LogP contribution in [0.3, 0.4) is 0 Å². The van der Waals surface area contributed by atoms with Gasteiger partial charge in [0.25, 0.3) is 12.4 Å². The third kappa shape index (κ3) is 4.72. The molecule has 10 heteroatoms. The van der Waals surface area contributed by atoms with Gasteiger partial charge in [0.1, 0.15) is 0 Å². The van der Waals surface area contributed by atoms with Crippen molar-refractivity contribution in [2.24, 2.45) is 11.8 Å². The monoisotopic (exact) mass is 457 g/mol. The molecule has 2 N–H and O–H groups in total. The highest BCUT2D eigenvalue weighted by Gasteiger charge is 2.62. The summed E-state index contributed by atoms with van der Waals surface area (Å²) in [6.45, 7) is 6.38. The van der Waals surface area contributed by atoms with E-state index in [4.69, 9.17) is 19.4 Å². The number of nitrogens with one attached hydrogen (secondary N) is 1. The van der Waals surface area contributed by atoms with Crippen molar-refractivity contribution in [2.75, 3.05) is 33.3 Å². The number of carbonyl (C=O) groups is 2. The molecule has 0 unspecified atom stereocenters. The fourth-order valence-electron chi connectivity index (χ4n) is 5.57. The van der Waals surface area contributed by atoms with Gasteiger partial charge >= 0.3 is 0 Å². The second kappa shape index (κ2) is 9.88. The van der Waals surface area contributed by atoms with Crippen LogP contribution in [0.4, 0.5) is 0 Å². The Morgan fingerprint density at radius 1 is 1.39 bits per heavy atom. The van der Waals surface area contributed by atoms with Gasteiger partial charge in [0.2, 0.25) is 5.88 Å². The number of carboxylic acid groups (broad SMARTS) is 1. The molecule has 3 aliphatic heterocycles. The van der Waals surface area contributed by atoms with E-state index in [0.717, 1.165) is 39.0 Å². The summed E-state index contributed by atoms with van der Waals surface area (Å²) in [5.41, 5.74) is 1.74. The number of hydrogen-bond acceptors (Lipinski definition) is 7. The molecular weight excluding hydrogens is 426 g/mol. The van der Waals surface area contributed by atoms with E-state index in [0.29, 0.717) is 29.8 Å². The largest absolute Gasteiger partial charge is 0.483 e. The molecule has 2 aromatic heterocycles. The van der Waals surface area contributed by atoms with Crippen LogP contribution in [-0.2, 0) is 16.1 Å². The van der Waals surface area contributed by atoms with Gasteiger partial charge in [-0.05, 0) is 31.9 Å². The molecule has 4 atom stereocenters. The molecule has 0 saturated carbocycles. The lowest BCUT2D eigenvalue weighted by Gasteiger charge is -2.29. The normalized spacial score (nSPS) is 27.5. The predicted octanol–water partition coefficient (Wildman–Crippen LogP) is 1.21. The molecule has 178 valence electrons. The van der Waals surface area contributed by atoms with Gasteiger partial charge in [0.05, 0.1) is 25.4 Å².